The van der Waals surface area contributed by atoms with E-state index in [1.165, 1.54) is 6.42 Å². The molecule has 2 heterocycles. The molecule has 4 heteroatoms. The van der Waals surface area contributed by atoms with E-state index >= 15 is 0 Å². The molecule has 1 aromatic heterocycles. The minimum Gasteiger partial charge on any atom is -0.439 e. The maximum atomic E-state index is 12.3. The molecule has 1 saturated heterocycles. The summed E-state index contributed by atoms with van der Waals surface area (Å²) >= 11 is 0. The van der Waals surface area contributed by atoms with Crippen LogP contribution in [0.1, 0.15) is 29.6 Å². The highest BCUT2D eigenvalue weighted by atomic mass is 16.4. The maximum Gasteiger partial charge on any atom is 0.210 e. The van der Waals surface area contributed by atoms with Gasteiger partial charge in [-0.2, -0.15) is 0 Å². The Morgan fingerprint density at radius 2 is 1.84 bits per heavy atom. The van der Waals surface area contributed by atoms with Crippen LogP contribution < -0.4 is 10.3 Å². The molecule has 3 rings (SSSR count). The van der Waals surface area contributed by atoms with E-state index < -0.39 is 0 Å². The number of para-hydroxylation sites is 1. The average Bonchev–Trinajstić information content (AvgIpc) is 2.48. The van der Waals surface area contributed by atoms with Crippen molar-refractivity contribution in [2.45, 2.75) is 19.3 Å². The predicted molar refractivity (Wildman–Crippen MR) is 73.9 cm³/mol. The fraction of sp³-hybridized carbons (Fsp3) is 0.333. The molecule has 0 spiro atoms. The van der Waals surface area contributed by atoms with Crippen molar-refractivity contribution >= 4 is 23.1 Å². The van der Waals surface area contributed by atoms with E-state index in [1.54, 1.807) is 18.2 Å². The Balaban J connectivity index is 2.22. The molecule has 0 saturated carbocycles. The van der Waals surface area contributed by atoms with E-state index in [4.69, 9.17) is 4.42 Å². The lowest BCUT2D eigenvalue weighted by Gasteiger charge is -2.27. The van der Waals surface area contributed by atoms with Gasteiger partial charge in [-0.1, -0.05) is 12.1 Å². The molecule has 1 aromatic carbocycles. The van der Waals surface area contributed by atoms with E-state index in [1.807, 2.05) is 11.0 Å². The second-order valence-electron chi connectivity index (χ2n) is 4.81. The van der Waals surface area contributed by atoms with E-state index in [2.05, 4.69) is 0 Å². The molecule has 0 bridgehead atoms. The first-order valence-electron chi connectivity index (χ1n) is 6.57. The van der Waals surface area contributed by atoms with Crippen LogP contribution in [0.15, 0.2) is 33.5 Å². The second-order valence-corrected chi connectivity index (χ2v) is 4.81. The number of hydrogen-bond donors (Lipinski definition) is 0. The fourth-order valence-corrected chi connectivity index (χ4v) is 2.58. The molecule has 0 amide bonds. The Morgan fingerprint density at radius 1 is 1.11 bits per heavy atom. The number of piperidine rings is 1. The third-order valence-electron chi connectivity index (χ3n) is 3.57. The smallest absolute Gasteiger partial charge is 0.210 e. The van der Waals surface area contributed by atoms with Crippen molar-refractivity contribution < 1.29 is 9.21 Å². The van der Waals surface area contributed by atoms with Crippen molar-refractivity contribution in [3.63, 3.8) is 0 Å². The molecule has 4 nitrogen and oxygen atoms in total. The van der Waals surface area contributed by atoms with E-state index in [9.17, 15) is 9.59 Å². The summed E-state index contributed by atoms with van der Waals surface area (Å²) in [5, 5.41) is 0.463. The Labute approximate surface area is 110 Å². The number of aldehydes is 1. The summed E-state index contributed by atoms with van der Waals surface area (Å²) in [7, 11) is 0. The number of benzene rings is 1. The summed E-state index contributed by atoms with van der Waals surface area (Å²) < 4.78 is 5.80. The molecule has 1 aliphatic heterocycles. The number of nitrogens with zero attached hydrogens (tertiary/aromatic N) is 1. The van der Waals surface area contributed by atoms with E-state index in [0.29, 0.717) is 23.1 Å². The average molecular weight is 257 g/mol. The SMILES string of the molecule is O=Cc1c(N2CCCCC2)oc2ccccc2c1=O. The first-order valence-corrected chi connectivity index (χ1v) is 6.57. The molecule has 1 fully saturated rings. The Morgan fingerprint density at radius 3 is 2.58 bits per heavy atom. The lowest BCUT2D eigenvalue weighted by atomic mass is 10.1. The Kier molecular flexibility index (Phi) is 3.07. The third-order valence-corrected chi connectivity index (χ3v) is 3.57. The van der Waals surface area contributed by atoms with Crippen molar-refractivity contribution in [2.24, 2.45) is 0 Å². The summed E-state index contributed by atoms with van der Waals surface area (Å²) in [6, 6.07) is 7.05. The highest BCUT2D eigenvalue weighted by Gasteiger charge is 2.20. The highest BCUT2D eigenvalue weighted by molar-refractivity contribution is 5.89. The topological polar surface area (TPSA) is 50.5 Å². The van der Waals surface area contributed by atoms with Crippen molar-refractivity contribution in [3.8, 4) is 0 Å². The summed E-state index contributed by atoms with van der Waals surface area (Å²) in [5.41, 5.74) is 0.441. The molecule has 98 valence electrons. The van der Waals surface area contributed by atoms with Crippen molar-refractivity contribution in [3.05, 3.63) is 40.1 Å². The van der Waals surface area contributed by atoms with Crippen LogP contribution in [0.25, 0.3) is 11.0 Å². The van der Waals surface area contributed by atoms with Crippen LogP contribution in [0.4, 0.5) is 5.88 Å². The van der Waals surface area contributed by atoms with E-state index in [-0.39, 0.29) is 11.0 Å². The van der Waals surface area contributed by atoms with Gasteiger partial charge in [0.1, 0.15) is 11.1 Å². The third kappa shape index (κ3) is 2.03. The van der Waals surface area contributed by atoms with Gasteiger partial charge in [-0.15, -0.1) is 0 Å². The quantitative estimate of drug-likeness (QED) is 0.776. The van der Waals surface area contributed by atoms with Crippen LogP contribution in [0.3, 0.4) is 0 Å². The van der Waals surface area contributed by atoms with E-state index in [0.717, 1.165) is 25.9 Å². The van der Waals surface area contributed by atoms with Gasteiger partial charge in [0, 0.05) is 13.1 Å². The summed E-state index contributed by atoms with van der Waals surface area (Å²) in [6.07, 6.45) is 3.93. The normalized spacial score (nSPS) is 15.7. The first-order chi connectivity index (χ1) is 9.31. The van der Waals surface area contributed by atoms with Crippen LogP contribution in [-0.4, -0.2) is 19.4 Å². The van der Waals surface area contributed by atoms with Crippen molar-refractivity contribution in [1.82, 2.24) is 0 Å². The maximum absolute atomic E-state index is 12.3. The standard InChI is InChI=1S/C15H15NO3/c17-10-12-14(18)11-6-2-3-7-13(11)19-15(12)16-8-4-1-5-9-16/h2-3,6-7,10H,1,4-5,8-9H2. The van der Waals surface area contributed by atoms with Gasteiger partial charge in [-0.25, -0.2) is 0 Å². The number of carbonyl (C=O) groups is 1. The number of rotatable bonds is 2. The fourth-order valence-electron chi connectivity index (χ4n) is 2.58. The van der Waals surface area contributed by atoms with Crippen LogP contribution in [-0.2, 0) is 0 Å². The van der Waals surface area contributed by atoms with Gasteiger partial charge < -0.3 is 9.32 Å². The molecule has 0 unspecified atom stereocenters. The van der Waals surface area contributed by atoms with Crippen LogP contribution in [0.2, 0.25) is 0 Å². The zero-order valence-corrected chi connectivity index (χ0v) is 10.6. The minimum atomic E-state index is -0.238. The van der Waals surface area contributed by atoms with Crippen LogP contribution in [0.5, 0.6) is 0 Å². The van der Waals surface area contributed by atoms with Gasteiger partial charge in [0.25, 0.3) is 0 Å². The van der Waals surface area contributed by atoms with Gasteiger partial charge in [-0.05, 0) is 31.4 Å². The molecular formula is C15H15NO3. The number of hydrogen-bond acceptors (Lipinski definition) is 4. The zero-order valence-electron chi connectivity index (χ0n) is 10.6. The molecule has 2 aromatic rings. The van der Waals surface area contributed by atoms with Crippen molar-refractivity contribution in [2.75, 3.05) is 18.0 Å². The van der Waals surface area contributed by atoms with Gasteiger partial charge in [0.15, 0.2) is 6.29 Å². The number of anilines is 1. The predicted octanol–water partition coefficient (Wildman–Crippen LogP) is 2.60. The lowest BCUT2D eigenvalue weighted by molar-refractivity contribution is 0.112. The molecule has 0 atom stereocenters. The molecule has 0 radical (unpaired) electrons. The number of fused-ring (bicyclic) bond motifs is 1. The van der Waals surface area contributed by atoms with Crippen LogP contribution in [0, 0.1) is 0 Å². The summed E-state index contributed by atoms with van der Waals surface area (Å²) in [5.74, 6) is 0.429. The van der Waals surface area contributed by atoms with Gasteiger partial charge in [0.05, 0.1) is 5.39 Å². The zero-order chi connectivity index (χ0) is 13.2. The molecular weight excluding hydrogens is 242 g/mol. The number of carbonyl (C=O) groups excluding carboxylic acids is 1. The van der Waals surface area contributed by atoms with Gasteiger partial charge in [-0.3, -0.25) is 9.59 Å². The van der Waals surface area contributed by atoms with Crippen LogP contribution >= 0.6 is 0 Å². The molecule has 0 aliphatic carbocycles. The Hall–Kier alpha value is -2.10. The van der Waals surface area contributed by atoms with Gasteiger partial charge >= 0.3 is 0 Å². The highest BCUT2D eigenvalue weighted by Crippen LogP contribution is 2.25. The molecule has 0 N–H and O–H groups in total. The van der Waals surface area contributed by atoms with Gasteiger partial charge in [0.2, 0.25) is 11.3 Å². The largest absolute Gasteiger partial charge is 0.439 e. The lowest BCUT2D eigenvalue weighted by Crippen LogP contribution is -2.31. The first kappa shape index (κ1) is 12.0. The minimum absolute atomic E-state index is 0.139. The summed E-state index contributed by atoms with van der Waals surface area (Å²) in [4.78, 5) is 25.6. The molecule has 19 heavy (non-hydrogen) atoms. The van der Waals surface area contributed by atoms with Crippen molar-refractivity contribution in [1.29, 1.82) is 0 Å². The summed E-state index contributed by atoms with van der Waals surface area (Å²) in [6.45, 7) is 1.67. The molecule has 1 aliphatic rings. The second kappa shape index (κ2) is 4.88. The Bertz CT molecular complexity index is 669. The monoisotopic (exact) mass is 257 g/mol.